The van der Waals surface area contributed by atoms with E-state index in [-0.39, 0.29) is 19.8 Å². The first-order valence-corrected chi connectivity index (χ1v) is 9.56. The number of hydrogen-bond acceptors (Lipinski definition) is 3. The molecule has 1 fully saturated rings. The standard InChI is InChI=1S/C20H22F4N4O.CH4/c21-15-1-2-16-17(9-25-18(16)7-15)14-8-26-28(11-14)10-13-3-5-27(6-4-13)12-19(29)20(22,23)24;/h1-2,7-9,11,13,19,25,29H,3-6,10,12H2;1H4. The van der Waals surface area contributed by atoms with Crippen molar-refractivity contribution in [2.24, 2.45) is 5.92 Å². The van der Waals surface area contributed by atoms with Gasteiger partial charge >= 0.3 is 6.18 Å². The van der Waals surface area contributed by atoms with E-state index < -0.39 is 12.3 Å². The van der Waals surface area contributed by atoms with E-state index in [0.717, 1.165) is 34.9 Å². The average molecular weight is 426 g/mol. The molecule has 1 aliphatic heterocycles. The maximum Gasteiger partial charge on any atom is 0.415 e. The summed E-state index contributed by atoms with van der Waals surface area (Å²) in [5, 5.41) is 14.6. The molecule has 1 saturated heterocycles. The van der Waals surface area contributed by atoms with Gasteiger partial charge in [-0.15, -0.1) is 0 Å². The van der Waals surface area contributed by atoms with Crippen molar-refractivity contribution < 1.29 is 22.7 Å². The van der Waals surface area contributed by atoms with Gasteiger partial charge in [0.25, 0.3) is 0 Å². The Morgan fingerprint density at radius 1 is 1.23 bits per heavy atom. The lowest BCUT2D eigenvalue weighted by atomic mass is 9.96. The Morgan fingerprint density at radius 3 is 2.67 bits per heavy atom. The second kappa shape index (κ2) is 8.77. The lowest BCUT2D eigenvalue weighted by Gasteiger charge is -2.33. The fourth-order valence-electron chi connectivity index (χ4n) is 3.90. The molecule has 2 aromatic heterocycles. The number of rotatable bonds is 5. The molecule has 0 bridgehead atoms. The summed E-state index contributed by atoms with van der Waals surface area (Å²) in [4.78, 5) is 4.73. The Hall–Kier alpha value is -2.39. The zero-order chi connectivity index (χ0) is 20.6. The minimum Gasteiger partial charge on any atom is -0.382 e. The van der Waals surface area contributed by atoms with Gasteiger partial charge in [0.2, 0.25) is 0 Å². The zero-order valence-corrected chi connectivity index (χ0v) is 15.7. The van der Waals surface area contributed by atoms with E-state index in [1.54, 1.807) is 17.2 Å². The first-order valence-electron chi connectivity index (χ1n) is 9.56. The number of aliphatic hydroxyl groups excluding tert-OH is 1. The molecule has 1 atom stereocenters. The molecular weight excluding hydrogens is 400 g/mol. The van der Waals surface area contributed by atoms with Gasteiger partial charge in [-0.05, 0) is 50.0 Å². The highest BCUT2D eigenvalue weighted by atomic mass is 19.4. The van der Waals surface area contributed by atoms with Crippen LogP contribution in [0.2, 0.25) is 0 Å². The van der Waals surface area contributed by atoms with E-state index in [2.05, 4.69) is 10.1 Å². The summed E-state index contributed by atoms with van der Waals surface area (Å²) in [5.74, 6) is 0.0229. The molecule has 9 heteroatoms. The Labute approximate surface area is 172 Å². The quantitative estimate of drug-likeness (QED) is 0.593. The fraction of sp³-hybridized carbons (Fsp3) is 0.476. The van der Waals surface area contributed by atoms with E-state index in [1.807, 2.05) is 17.1 Å². The van der Waals surface area contributed by atoms with Gasteiger partial charge < -0.3 is 15.0 Å². The van der Waals surface area contributed by atoms with Crippen LogP contribution in [0.5, 0.6) is 0 Å². The van der Waals surface area contributed by atoms with Gasteiger partial charge in [0.15, 0.2) is 6.10 Å². The smallest absolute Gasteiger partial charge is 0.382 e. The number of nitrogens with zero attached hydrogens (tertiary/aromatic N) is 3. The van der Waals surface area contributed by atoms with Crippen LogP contribution in [0.15, 0.2) is 36.8 Å². The Kier molecular flexibility index (Phi) is 6.52. The van der Waals surface area contributed by atoms with Gasteiger partial charge in [0, 0.05) is 47.5 Å². The maximum absolute atomic E-state index is 13.4. The lowest BCUT2D eigenvalue weighted by molar-refractivity contribution is -0.208. The highest BCUT2D eigenvalue weighted by molar-refractivity contribution is 5.95. The number of β-amino-alcohol motifs (C(OH)–C–C–N with tert-alkyl or cyclic N) is 1. The van der Waals surface area contributed by atoms with Crippen molar-refractivity contribution >= 4 is 10.9 Å². The molecular formula is C21H26F4N4O. The van der Waals surface area contributed by atoms with Crippen molar-refractivity contribution in [3.8, 4) is 11.1 Å². The Morgan fingerprint density at radius 2 is 1.97 bits per heavy atom. The van der Waals surface area contributed by atoms with Gasteiger partial charge in [-0.2, -0.15) is 18.3 Å². The van der Waals surface area contributed by atoms with Crippen LogP contribution in [-0.4, -0.2) is 56.7 Å². The lowest BCUT2D eigenvalue weighted by Crippen LogP contribution is -2.44. The fourth-order valence-corrected chi connectivity index (χ4v) is 3.90. The molecule has 1 unspecified atom stereocenters. The molecule has 1 aromatic carbocycles. The molecule has 2 N–H and O–H groups in total. The monoisotopic (exact) mass is 426 g/mol. The Bertz CT molecular complexity index is 973. The highest BCUT2D eigenvalue weighted by Gasteiger charge is 2.39. The van der Waals surface area contributed by atoms with Crippen LogP contribution >= 0.6 is 0 Å². The predicted molar refractivity (Wildman–Crippen MR) is 107 cm³/mol. The molecule has 4 rings (SSSR count). The Balaban J connectivity index is 0.00000256. The first-order chi connectivity index (χ1) is 13.8. The molecule has 0 aliphatic carbocycles. The molecule has 5 nitrogen and oxygen atoms in total. The van der Waals surface area contributed by atoms with Crippen LogP contribution in [-0.2, 0) is 6.54 Å². The number of aromatic amines is 1. The van der Waals surface area contributed by atoms with Crippen molar-refractivity contribution in [1.29, 1.82) is 0 Å². The first kappa shape index (κ1) is 22.3. The zero-order valence-electron chi connectivity index (χ0n) is 15.7. The number of alkyl halides is 3. The maximum atomic E-state index is 13.4. The number of halogens is 4. The number of benzene rings is 1. The highest BCUT2D eigenvalue weighted by Crippen LogP contribution is 2.29. The van der Waals surface area contributed by atoms with Crippen LogP contribution in [0.3, 0.4) is 0 Å². The van der Waals surface area contributed by atoms with Crippen LogP contribution in [0.4, 0.5) is 17.6 Å². The number of nitrogens with one attached hydrogen (secondary N) is 1. The summed E-state index contributed by atoms with van der Waals surface area (Å²) in [6.45, 7) is 1.37. The van der Waals surface area contributed by atoms with Gasteiger partial charge in [-0.1, -0.05) is 7.43 Å². The van der Waals surface area contributed by atoms with E-state index in [0.29, 0.717) is 25.6 Å². The molecule has 30 heavy (non-hydrogen) atoms. The van der Waals surface area contributed by atoms with Crippen molar-refractivity contribution in [1.82, 2.24) is 19.7 Å². The van der Waals surface area contributed by atoms with E-state index >= 15 is 0 Å². The average Bonchev–Trinajstić information content (AvgIpc) is 3.28. The number of H-pyrrole nitrogens is 1. The molecule has 3 heterocycles. The van der Waals surface area contributed by atoms with Crippen molar-refractivity contribution in [2.75, 3.05) is 19.6 Å². The van der Waals surface area contributed by atoms with Crippen LogP contribution in [0.25, 0.3) is 22.0 Å². The second-order valence-corrected chi connectivity index (χ2v) is 7.64. The van der Waals surface area contributed by atoms with Crippen molar-refractivity contribution in [2.45, 2.75) is 39.1 Å². The third kappa shape index (κ3) is 4.84. The summed E-state index contributed by atoms with van der Waals surface area (Å²) in [6, 6.07) is 4.61. The minimum atomic E-state index is -4.57. The van der Waals surface area contributed by atoms with Crippen LogP contribution in [0.1, 0.15) is 20.3 Å². The summed E-state index contributed by atoms with van der Waals surface area (Å²) < 4.78 is 52.7. The van der Waals surface area contributed by atoms with Crippen molar-refractivity contribution in [3.05, 3.63) is 42.6 Å². The van der Waals surface area contributed by atoms with E-state index in [9.17, 15) is 22.7 Å². The molecule has 3 aromatic rings. The van der Waals surface area contributed by atoms with Gasteiger partial charge in [-0.25, -0.2) is 4.39 Å². The van der Waals surface area contributed by atoms with Crippen molar-refractivity contribution in [3.63, 3.8) is 0 Å². The predicted octanol–water partition coefficient (Wildman–Crippen LogP) is 4.44. The molecule has 164 valence electrons. The summed E-state index contributed by atoms with van der Waals surface area (Å²) in [5.41, 5.74) is 2.59. The number of hydrogen-bond donors (Lipinski definition) is 2. The number of aliphatic hydroxyl groups is 1. The number of fused-ring (bicyclic) bond motifs is 1. The molecule has 0 saturated carbocycles. The van der Waals surface area contributed by atoms with Gasteiger partial charge in [-0.3, -0.25) is 4.68 Å². The molecule has 0 amide bonds. The van der Waals surface area contributed by atoms with Gasteiger partial charge in [0.1, 0.15) is 5.82 Å². The van der Waals surface area contributed by atoms with Crippen LogP contribution < -0.4 is 0 Å². The SMILES string of the molecule is C.OC(CN1CCC(Cn2cc(-c3c[nH]c4cc(F)ccc34)cn2)CC1)C(F)(F)F. The molecule has 1 aliphatic rings. The normalized spacial score (nSPS) is 17.2. The number of likely N-dealkylation sites (tertiary alicyclic amines) is 1. The second-order valence-electron chi connectivity index (χ2n) is 7.64. The number of aromatic nitrogens is 3. The molecule has 0 spiro atoms. The van der Waals surface area contributed by atoms with E-state index in [1.165, 1.54) is 12.1 Å². The summed E-state index contributed by atoms with van der Waals surface area (Å²) in [6.07, 6.45) is 0.175. The third-order valence-electron chi connectivity index (χ3n) is 5.55. The summed E-state index contributed by atoms with van der Waals surface area (Å²) in [7, 11) is 0. The van der Waals surface area contributed by atoms with E-state index in [4.69, 9.17) is 0 Å². The number of piperidine rings is 1. The third-order valence-corrected chi connectivity index (χ3v) is 5.55. The van der Waals surface area contributed by atoms with Gasteiger partial charge in [0.05, 0.1) is 6.20 Å². The molecule has 0 radical (unpaired) electrons. The minimum absolute atomic E-state index is 0. The summed E-state index contributed by atoms with van der Waals surface area (Å²) >= 11 is 0. The van der Waals surface area contributed by atoms with Crippen LogP contribution in [0, 0.1) is 11.7 Å². The topological polar surface area (TPSA) is 57.1 Å². The largest absolute Gasteiger partial charge is 0.415 e.